The minimum absolute atomic E-state index is 0.0187. The van der Waals surface area contributed by atoms with Gasteiger partial charge in [-0.15, -0.1) is 0 Å². The number of hydrogen-bond acceptors (Lipinski definition) is 3. The molecule has 1 aromatic rings. The molecule has 0 saturated carbocycles. The first-order valence-electron chi connectivity index (χ1n) is 6.45. The van der Waals surface area contributed by atoms with Crippen molar-refractivity contribution in [2.24, 2.45) is 5.73 Å². The molecule has 1 saturated heterocycles. The highest BCUT2D eigenvalue weighted by atomic mass is 79.9. The molecule has 0 radical (unpaired) electrons. The standard InChI is InChI=1S/C14H17BrN2O3/c15-11-4-1-3-10(7-11)8-12(18)17-6-2-5-14(20,9-17)13(16)19/h1,3-4,7,20H,2,5-6,8-9H2,(H2,16,19)/t14-/m0/s1. The summed E-state index contributed by atoms with van der Waals surface area (Å²) in [6.45, 7) is 0.525. The van der Waals surface area contributed by atoms with Crippen LogP contribution in [0.3, 0.4) is 0 Å². The molecule has 0 aliphatic carbocycles. The molecule has 0 bridgehead atoms. The molecular weight excluding hydrogens is 324 g/mol. The van der Waals surface area contributed by atoms with Crippen molar-refractivity contribution >= 4 is 27.7 Å². The average Bonchev–Trinajstić information content (AvgIpc) is 2.38. The van der Waals surface area contributed by atoms with Gasteiger partial charge in [0.15, 0.2) is 5.60 Å². The quantitative estimate of drug-likeness (QED) is 0.854. The lowest BCUT2D eigenvalue weighted by atomic mass is 9.92. The van der Waals surface area contributed by atoms with Crippen molar-refractivity contribution in [1.82, 2.24) is 4.90 Å². The molecule has 3 N–H and O–H groups in total. The Morgan fingerprint density at radius 2 is 2.20 bits per heavy atom. The zero-order valence-electron chi connectivity index (χ0n) is 11.0. The molecule has 1 aliphatic heterocycles. The van der Waals surface area contributed by atoms with Crippen LogP contribution in [0.25, 0.3) is 0 Å². The molecule has 0 unspecified atom stereocenters. The maximum atomic E-state index is 12.2. The lowest BCUT2D eigenvalue weighted by Gasteiger charge is -2.37. The number of aliphatic hydroxyl groups is 1. The summed E-state index contributed by atoms with van der Waals surface area (Å²) in [6.07, 6.45) is 1.13. The Bertz CT molecular complexity index is 535. The van der Waals surface area contributed by atoms with E-state index in [1.165, 1.54) is 4.90 Å². The monoisotopic (exact) mass is 340 g/mol. The van der Waals surface area contributed by atoms with Crippen molar-refractivity contribution in [1.29, 1.82) is 0 Å². The maximum absolute atomic E-state index is 12.2. The summed E-state index contributed by atoms with van der Waals surface area (Å²) in [5.41, 5.74) is 4.50. The number of nitrogens with zero attached hydrogens (tertiary/aromatic N) is 1. The van der Waals surface area contributed by atoms with Crippen LogP contribution in [0, 0.1) is 0 Å². The van der Waals surface area contributed by atoms with E-state index in [1.54, 1.807) is 0 Å². The third-order valence-electron chi connectivity index (χ3n) is 3.53. The SMILES string of the molecule is NC(=O)[C@]1(O)CCCN(C(=O)Cc2cccc(Br)c2)C1. The van der Waals surface area contributed by atoms with Crippen LogP contribution in [0.5, 0.6) is 0 Å². The topological polar surface area (TPSA) is 83.6 Å². The number of amides is 2. The van der Waals surface area contributed by atoms with Gasteiger partial charge in [-0.3, -0.25) is 9.59 Å². The number of primary amides is 1. The summed E-state index contributed by atoms with van der Waals surface area (Å²) >= 11 is 3.36. The average molecular weight is 341 g/mol. The van der Waals surface area contributed by atoms with Crippen LogP contribution in [0.4, 0.5) is 0 Å². The number of carbonyl (C=O) groups excluding carboxylic acids is 2. The lowest BCUT2D eigenvalue weighted by Crippen LogP contribution is -2.57. The molecule has 1 aliphatic rings. The molecule has 0 spiro atoms. The zero-order valence-corrected chi connectivity index (χ0v) is 12.6. The van der Waals surface area contributed by atoms with Gasteiger partial charge < -0.3 is 15.7 Å². The number of carbonyl (C=O) groups is 2. The number of benzene rings is 1. The number of β-amino-alcohol motifs (C(OH)–C–C–N with tert-alkyl or cyclic N) is 1. The Kier molecular flexibility index (Phi) is 4.45. The van der Waals surface area contributed by atoms with Crippen molar-refractivity contribution in [3.05, 3.63) is 34.3 Å². The van der Waals surface area contributed by atoms with Crippen LogP contribution in [0.2, 0.25) is 0 Å². The second-order valence-corrected chi connectivity index (χ2v) is 6.04. The summed E-state index contributed by atoms with van der Waals surface area (Å²) in [4.78, 5) is 25.0. The number of halogens is 1. The number of piperidine rings is 1. The molecule has 0 aromatic heterocycles. The van der Waals surface area contributed by atoms with Gasteiger partial charge in [-0.1, -0.05) is 28.1 Å². The van der Waals surface area contributed by atoms with E-state index in [-0.39, 0.29) is 18.9 Å². The van der Waals surface area contributed by atoms with Crippen LogP contribution < -0.4 is 5.73 Å². The summed E-state index contributed by atoms with van der Waals surface area (Å²) in [5, 5.41) is 10.1. The van der Waals surface area contributed by atoms with E-state index >= 15 is 0 Å². The van der Waals surface area contributed by atoms with Crippen molar-refractivity contribution in [2.45, 2.75) is 24.9 Å². The Labute approximate surface area is 125 Å². The highest BCUT2D eigenvalue weighted by Crippen LogP contribution is 2.22. The van der Waals surface area contributed by atoms with Gasteiger partial charge in [0.1, 0.15) is 0 Å². The van der Waals surface area contributed by atoms with Gasteiger partial charge in [-0.05, 0) is 30.5 Å². The first-order valence-corrected chi connectivity index (χ1v) is 7.24. The van der Waals surface area contributed by atoms with Crippen molar-refractivity contribution in [2.75, 3.05) is 13.1 Å². The molecule has 5 nitrogen and oxygen atoms in total. The van der Waals surface area contributed by atoms with E-state index in [2.05, 4.69) is 15.9 Å². The third-order valence-corrected chi connectivity index (χ3v) is 4.02. The van der Waals surface area contributed by atoms with Gasteiger partial charge in [-0.25, -0.2) is 0 Å². The Morgan fingerprint density at radius 1 is 1.45 bits per heavy atom. The highest BCUT2D eigenvalue weighted by Gasteiger charge is 2.39. The predicted octanol–water partition coefficient (Wildman–Crippen LogP) is 0.830. The smallest absolute Gasteiger partial charge is 0.251 e. The van der Waals surface area contributed by atoms with Gasteiger partial charge in [0.2, 0.25) is 5.91 Å². The zero-order chi connectivity index (χ0) is 14.8. The van der Waals surface area contributed by atoms with Gasteiger partial charge in [0.25, 0.3) is 5.91 Å². The molecule has 2 rings (SSSR count). The molecule has 20 heavy (non-hydrogen) atoms. The second-order valence-electron chi connectivity index (χ2n) is 5.12. The molecular formula is C14H17BrN2O3. The third kappa shape index (κ3) is 3.37. The molecule has 108 valence electrons. The molecule has 1 heterocycles. The molecule has 2 amide bonds. The number of likely N-dealkylation sites (tertiary alicyclic amines) is 1. The summed E-state index contributed by atoms with van der Waals surface area (Å²) in [6, 6.07) is 7.50. The number of hydrogen-bond donors (Lipinski definition) is 2. The van der Waals surface area contributed by atoms with E-state index in [1.807, 2.05) is 24.3 Å². The summed E-state index contributed by atoms with van der Waals surface area (Å²) in [5.74, 6) is -0.875. The fourth-order valence-electron chi connectivity index (χ4n) is 2.38. The van der Waals surface area contributed by atoms with E-state index in [4.69, 9.17) is 5.73 Å². The molecule has 1 fully saturated rings. The lowest BCUT2D eigenvalue weighted by molar-refractivity contribution is -0.148. The molecule has 1 aromatic carbocycles. The normalized spacial score (nSPS) is 22.6. The van der Waals surface area contributed by atoms with Crippen molar-refractivity contribution < 1.29 is 14.7 Å². The first kappa shape index (κ1) is 15.0. The van der Waals surface area contributed by atoms with Crippen molar-refractivity contribution in [3.8, 4) is 0 Å². The van der Waals surface area contributed by atoms with Gasteiger partial charge in [-0.2, -0.15) is 0 Å². The predicted molar refractivity (Wildman–Crippen MR) is 77.8 cm³/mol. The van der Waals surface area contributed by atoms with Crippen LogP contribution in [-0.2, 0) is 16.0 Å². The number of rotatable bonds is 3. The Morgan fingerprint density at radius 3 is 2.85 bits per heavy atom. The van der Waals surface area contributed by atoms with Crippen molar-refractivity contribution in [3.63, 3.8) is 0 Å². The van der Waals surface area contributed by atoms with Crippen LogP contribution in [-0.4, -0.2) is 40.5 Å². The summed E-state index contributed by atoms with van der Waals surface area (Å²) < 4.78 is 0.912. The minimum Gasteiger partial charge on any atom is -0.378 e. The fourth-order valence-corrected chi connectivity index (χ4v) is 2.83. The van der Waals surface area contributed by atoms with Gasteiger partial charge in [0.05, 0.1) is 13.0 Å². The number of nitrogens with two attached hydrogens (primary N) is 1. The van der Waals surface area contributed by atoms with E-state index in [9.17, 15) is 14.7 Å². The maximum Gasteiger partial charge on any atom is 0.251 e. The fraction of sp³-hybridized carbons (Fsp3) is 0.429. The highest BCUT2D eigenvalue weighted by molar-refractivity contribution is 9.10. The van der Waals surface area contributed by atoms with Gasteiger partial charge >= 0.3 is 0 Å². The van der Waals surface area contributed by atoms with Crippen LogP contribution in [0.1, 0.15) is 18.4 Å². The Hall–Kier alpha value is -1.40. The largest absolute Gasteiger partial charge is 0.378 e. The second kappa shape index (κ2) is 5.93. The molecule has 6 heteroatoms. The van der Waals surface area contributed by atoms with E-state index < -0.39 is 11.5 Å². The first-order chi connectivity index (χ1) is 9.40. The van der Waals surface area contributed by atoms with Crippen LogP contribution in [0.15, 0.2) is 28.7 Å². The van der Waals surface area contributed by atoms with E-state index in [0.717, 1.165) is 10.0 Å². The van der Waals surface area contributed by atoms with Crippen LogP contribution >= 0.6 is 15.9 Å². The Balaban J connectivity index is 2.04. The summed E-state index contributed by atoms with van der Waals surface area (Å²) in [7, 11) is 0. The van der Waals surface area contributed by atoms with Gasteiger partial charge in [0, 0.05) is 11.0 Å². The minimum atomic E-state index is -1.59. The van der Waals surface area contributed by atoms with E-state index in [0.29, 0.717) is 19.4 Å². The molecule has 1 atom stereocenters.